The Morgan fingerprint density at radius 1 is 1.05 bits per heavy atom. The molecule has 0 aromatic heterocycles. The predicted octanol–water partition coefficient (Wildman–Crippen LogP) is 3.97. The average molecular weight is 296 g/mol. The highest BCUT2D eigenvalue weighted by atomic mass is 16.6. The van der Waals surface area contributed by atoms with E-state index in [2.05, 4.69) is 0 Å². The molecule has 0 N–H and O–H groups in total. The molecule has 22 heavy (non-hydrogen) atoms. The third-order valence-corrected chi connectivity index (χ3v) is 3.64. The zero-order chi connectivity index (χ0) is 16.0. The van der Waals surface area contributed by atoms with Gasteiger partial charge in [-0.1, -0.05) is 42.0 Å². The van der Waals surface area contributed by atoms with Crippen LogP contribution in [0.15, 0.2) is 48.5 Å². The molecule has 3 rings (SSSR count). The smallest absolute Gasteiger partial charge is 0.353 e. The van der Waals surface area contributed by atoms with Gasteiger partial charge >= 0.3 is 5.97 Å². The third-order valence-electron chi connectivity index (χ3n) is 3.64. The maximum absolute atomic E-state index is 12.8. The fourth-order valence-electron chi connectivity index (χ4n) is 2.85. The van der Waals surface area contributed by atoms with Gasteiger partial charge in [0.05, 0.1) is 5.60 Å². The van der Waals surface area contributed by atoms with E-state index < -0.39 is 11.2 Å². The van der Waals surface area contributed by atoms with Crippen LogP contribution in [0.25, 0.3) is 0 Å². The monoisotopic (exact) mass is 296 g/mol. The summed E-state index contributed by atoms with van der Waals surface area (Å²) in [6.07, 6.45) is 0. The molecule has 0 radical (unpaired) electrons. The van der Waals surface area contributed by atoms with E-state index in [0.29, 0.717) is 5.75 Å². The lowest BCUT2D eigenvalue weighted by atomic mass is 9.85. The van der Waals surface area contributed by atoms with Crippen molar-refractivity contribution in [2.45, 2.75) is 38.9 Å². The van der Waals surface area contributed by atoms with E-state index in [9.17, 15) is 4.79 Å². The topological polar surface area (TPSA) is 35.5 Å². The maximum Gasteiger partial charge on any atom is 0.353 e. The van der Waals surface area contributed by atoms with Crippen LogP contribution in [0.2, 0.25) is 0 Å². The number of ether oxygens (including phenoxy) is 2. The van der Waals surface area contributed by atoms with E-state index >= 15 is 0 Å². The fourth-order valence-corrected chi connectivity index (χ4v) is 2.85. The number of rotatable bonds is 2. The molecule has 114 valence electrons. The molecular weight excluding hydrogens is 276 g/mol. The molecule has 0 amide bonds. The van der Waals surface area contributed by atoms with Gasteiger partial charge in [-0.2, -0.15) is 0 Å². The molecule has 0 fully saturated rings. The van der Waals surface area contributed by atoms with Gasteiger partial charge < -0.3 is 9.47 Å². The molecule has 0 aliphatic carbocycles. The molecule has 0 unspecified atom stereocenters. The quantitative estimate of drug-likeness (QED) is 0.621. The largest absolute Gasteiger partial charge is 0.423 e. The number of carbonyl (C=O) groups excluding carboxylic acids is 1. The molecule has 1 aliphatic heterocycles. The minimum Gasteiger partial charge on any atom is -0.423 e. The molecule has 3 nitrogen and oxygen atoms in total. The molecule has 0 spiro atoms. The Bertz CT molecular complexity index is 713. The van der Waals surface area contributed by atoms with Crippen molar-refractivity contribution in [3.8, 4) is 5.75 Å². The Morgan fingerprint density at radius 2 is 1.73 bits per heavy atom. The van der Waals surface area contributed by atoms with Gasteiger partial charge in [-0.05, 0) is 45.4 Å². The number of benzene rings is 2. The standard InChI is InChI=1S/C19H20O3/c1-13-10-11-16-15(12-13)19(17(20)21-16,22-18(2,3)4)14-8-6-5-7-9-14/h5-12H,1-4H3/t19-/m0/s1. The van der Waals surface area contributed by atoms with Gasteiger partial charge in [0.2, 0.25) is 5.60 Å². The third kappa shape index (κ3) is 2.32. The minimum atomic E-state index is -1.21. The number of carbonyl (C=O) groups is 1. The van der Waals surface area contributed by atoms with Crippen molar-refractivity contribution in [3.63, 3.8) is 0 Å². The van der Waals surface area contributed by atoms with Crippen molar-refractivity contribution < 1.29 is 14.3 Å². The van der Waals surface area contributed by atoms with Crippen molar-refractivity contribution in [2.24, 2.45) is 0 Å². The van der Waals surface area contributed by atoms with E-state index in [1.54, 1.807) is 0 Å². The summed E-state index contributed by atoms with van der Waals surface area (Å²) in [6, 6.07) is 15.3. The molecule has 3 heteroatoms. The second kappa shape index (κ2) is 4.96. The van der Waals surface area contributed by atoms with E-state index in [0.717, 1.165) is 16.7 Å². The second-order valence-electron chi connectivity index (χ2n) is 6.65. The minimum absolute atomic E-state index is 0.380. The zero-order valence-electron chi connectivity index (χ0n) is 13.3. The number of fused-ring (bicyclic) bond motifs is 1. The van der Waals surface area contributed by atoms with Crippen LogP contribution in [-0.4, -0.2) is 11.6 Å². The van der Waals surface area contributed by atoms with E-state index in [-0.39, 0.29) is 5.97 Å². The van der Waals surface area contributed by atoms with Crippen LogP contribution in [0.1, 0.15) is 37.5 Å². The highest BCUT2D eigenvalue weighted by molar-refractivity contribution is 5.92. The highest BCUT2D eigenvalue weighted by Gasteiger charge is 2.54. The highest BCUT2D eigenvalue weighted by Crippen LogP contribution is 2.47. The summed E-state index contributed by atoms with van der Waals surface area (Å²) in [5.74, 6) is 0.193. The fraction of sp³-hybridized carbons (Fsp3) is 0.316. The molecular formula is C19H20O3. The second-order valence-corrected chi connectivity index (χ2v) is 6.65. The first-order chi connectivity index (χ1) is 10.3. The zero-order valence-corrected chi connectivity index (χ0v) is 13.3. The molecule has 0 saturated carbocycles. The molecule has 2 aromatic carbocycles. The molecule has 0 bridgehead atoms. The first kappa shape index (κ1) is 14.8. The number of esters is 1. The lowest BCUT2D eigenvalue weighted by molar-refractivity contribution is -0.169. The van der Waals surface area contributed by atoms with E-state index in [1.165, 1.54) is 0 Å². The van der Waals surface area contributed by atoms with Crippen molar-refractivity contribution in [2.75, 3.05) is 0 Å². The maximum atomic E-state index is 12.8. The Morgan fingerprint density at radius 3 is 2.36 bits per heavy atom. The molecule has 2 aromatic rings. The van der Waals surface area contributed by atoms with Crippen LogP contribution < -0.4 is 4.74 Å². The van der Waals surface area contributed by atoms with Crippen LogP contribution in [-0.2, 0) is 15.1 Å². The average Bonchev–Trinajstić information content (AvgIpc) is 2.72. The van der Waals surface area contributed by atoms with Gasteiger partial charge in [0.25, 0.3) is 0 Å². The van der Waals surface area contributed by atoms with E-state index in [1.807, 2.05) is 76.2 Å². The van der Waals surface area contributed by atoms with Gasteiger partial charge in [0, 0.05) is 5.56 Å². The van der Waals surface area contributed by atoms with Crippen LogP contribution in [0, 0.1) is 6.92 Å². The first-order valence-electron chi connectivity index (χ1n) is 7.42. The van der Waals surface area contributed by atoms with Gasteiger partial charge in [-0.15, -0.1) is 0 Å². The lowest BCUT2D eigenvalue weighted by Gasteiger charge is -2.34. The van der Waals surface area contributed by atoms with Crippen molar-refractivity contribution in [1.82, 2.24) is 0 Å². The van der Waals surface area contributed by atoms with Crippen LogP contribution >= 0.6 is 0 Å². The first-order valence-corrected chi connectivity index (χ1v) is 7.42. The predicted molar refractivity (Wildman–Crippen MR) is 84.9 cm³/mol. The molecule has 1 aliphatic rings. The normalized spacial score (nSPS) is 20.6. The Balaban J connectivity index is 2.28. The number of hydrogen-bond acceptors (Lipinski definition) is 3. The van der Waals surface area contributed by atoms with Gasteiger partial charge in [-0.25, -0.2) is 4.79 Å². The van der Waals surface area contributed by atoms with Gasteiger partial charge in [0.15, 0.2) is 0 Å². The SMILES string of the molecule is Cc1ccc2c(c1)[C@@](OC(C)(C)C)(c1ccccc1)C(=O)O2. The Labute approximate surface area is 130 Å². The van der Waals surface area contributed by atoms with Gasteiger partial charge in [0.1, 0.15) is 5.75 Å². The molecule has 1 heterocycles. The van der Waals surface area contributed by atoms with Gasteiger partial charge in [-0.3, -0.25) is 0 Å². The van der Waals surface area contributed by atoms with Crippen LogP contribution in [0.3, 0.4) is 0 Å². The van der Waals surface area contributed by atoms with Crippen molar-refractivity contribution in [3.05, 3.63) is 65.2 Å². The number of aryl methyl sites for hydroxylation is 1. The Hall–Kier alpha value is -2.13. The van der Waals surface area contributed by atoms with E-state index in [4.69, 9.17) is 9.47 Å². The summed E-state index contributed by atoms with van der Waals surface area (Å²) in [5.41, 5.74) is 0.925. The summed E-state index contributed by atoms with van der Waals surface area (Å²) >= 11 is 0. The summed E-state index contributed by atoms with van der Waals surface area (Å²) in [6.45, 7) is 7.83. The molecule has 0 saturated heterocycles. The van der Waals surface area contributed by atoms with Crippen molar-refractivity contribution in [1.29, 1.82) is 0 Å². The summed E-state index contributed by atoms with van der Waals surface area (Å²) in [5, 5.41) is 0. The summed E-state index contributed by atoms with van der Waals surface area (Å²) in [4.78, 5) is 12.8. The summed E-state index contributed by atoms with van der Waals surface area (Å²) in [7, 11) is 0. The Kier molecular flexibility index (Phi) is 3.33. The lowest BCUT2D eigenvalue weighted by Crippen LogP contribution is -2.43. The number of hydrogen-bond donors (Lipinski definition) is 0. The summed E-state index contributed by atoms with van der Waals surface area (Å²) < 4.78 is 11.8. The van der Waals surface area contributed by atoms with Crippen molar-refractivity contribution >= 4 is 5.97 Å². The van der Waals surface area contributed by atoms with Crippen LogP contribution in [0.5, 0.6) is 5.75 Å². The van der Waals surface area contributed by atoms with Crippen LogP contribution in [0.4, 0.5) is 0 Å². The molecule has 1 atom stereocenters.